The van der Waals surface area contributed by atoms with Gasteiger partial charge in [-0.2, -0.15) is 0 Å². The van der Waals surface area contributed by atoms with Crippen LogP contribution in [0.1, 0.15) is 150 Å². The van der Waals surface area contributed by atoms with E-state index < -0.39 is 0 Å². The largest absolute Gasteiger partial charge is 0.315 e. The first kappa shape index (κ1) is 35.9. The van der Waals surface area contributed by atoms with Crippen LogP contribution in [0.4, 0.5) is 0 Å². The van der Waals surface area contributed by atoms with E-state index >= 15 is 0 Å². The van der Waals surface area contributed by atoms with E-state index in [0.717, 1.165) is 8.97 Å². The normalized spacial score (nSPS) is 14.4. The molecule has 0 N–H and O–H groups in total. The highest BCUT2D eigenvalue weighted by Gasteiger charge is 2.26. The fourth-order valence-electron chi connectivity index (χ4n) is 5.14. The third-order valence-electron chi connectivity index (χ3n) is 9.13. The molecule has 2 unspecified atom stereocenters. The van der Waals surface area contributed by atoms with Gasteiger partial charge in [0.05, 0.1) is 40.3 Å². The zero-order chi connectivity index (χ0) is 26.4. The van der Waals surface area contributed by atoms with Gasteiger partial charge in [0, 0.05) is 12.8 Å². The Balaban J connectivity index is 3.34. The van der Waals surface area contributed by atoms with Crippen LogP contribution < -0.4 is 0 Å². The third kappa shape index (κ3) is 17.2. The zero-order valence-corrected chi connectivity index (χ0v) is 28.2. The number of halogens is 2. The summed E-state index contributed by atoms with van der Waals surface area (Å²) in [4.78, 5) is 1.27. The number of unbranched alkanes of at least 4 members (excludes halogenated alkanes) is 16. The van der Waals surface area contributed by atoms with E-state index in [2.05, 4.69) is 73.7 Å². The number of hydrogen-bond donors (Lipinski definition) is 0. The summed E-state index contributed by atoms with van der Waals surface area (Å²) in [6.07, 6.45) is 27.2. The predicted molar refractivity (Wildman–Crippen MR) is 168 cm³/mol. The van der Waals surface area contributed by atoms with Crippen LogP contribution in [0.15, 0.2) is 0 Å². The smallest absolute Gasteiger partial charge is 0.144 e. The Kier molecular flexibility index (Phi) is 23.4. The van der Waals surface area contributed by atoms with Gasteiger partial charge in [-0.05, 0) is 72.4 Å². The molecule has 0 aromatic rings. The summed E-state index contributed by atoms with van der Waals surface area (Å²) in [7, 11) is 4.77. The minimum Gasteiger partial charge on any atom is -0.315 e. The molecule has 0 radical (unpaired) electrons. The average molecular weight is 627 g/mol. The van der Waals surface area contributed by atoms with E-state index in [1.807, 2.05) is 0 Å². The van der Waals surface area contributed by atoms with Gasteiger partial charge in [0.15, 0.2) is 0 Å². The van der Waals surface area contributed by atoms with Crippen LogP contribution in [-0.2, 0) is 0 Å². The number of alkyl halides is 2. The second kappa shape index (κ2) is 22.8. The second-order valence-corrected chi connectivity index (χ2v) is 13.8. The van der Waals surface area contributed by atoms with Crippen LogP contribution in [0.3, 0.4) is 0 Å². The molecule has 0 fully saturated rings. The van der Waals surface area contributed by atoms with E-state index in [4.69, 9.17) is 0 Å². The number of nitrogens with zero attached hydrogens (tertiary/aromatic N) is 2. The molecule has 0 heterocycles. The predicted octanol–water partition coefficient (Wildman–Crippen LogP) is 10.8. The Labute approximate surface area is 239 Å². The Morgan fingerprint density at radius 3 is 0.714 bits per heavy atom. The van der Waals surface area contributed by atoms with Gasteiger partial charge < -0.3 is 8.97 Å². The lowest BCUT2D eigenvalue weighted by atomic mass is 10.0. The van der Waals surface area contributed by atoms with Crippen molar-refractivity contribution in [2.75, 3.05) is 40.3 Å². The molecule has 0 amide bonds. The maximum Gasteiger partial charge on any atom is 0.144 e. The Morgan fingerprint density at radius 1 is 0.371 bits per heavy atom. The Morgan fingerprint density at radius 2 is 0.543 bits per heavy atom. The maximum atomic E-state index is 3.96. The first-order chi connectivity index (χ1) is 16.8. The molecule has 0 aliphatic carbocycles. The van der Waals surface area contributed by atoms with E-state index in [0.29, 0.717) is 9.90 Å². The molecule has 0 aliphatic heterocycles. The SMILES string of the molecule is CC[N+](C)(CC)C(Br)CCCCCCCCCCCCCCCCCCCC(Br)[N+](C)(CC)CC. The summed E-state index contributed by atoms with van der Waals surface area (Å²) in [5.41, 5.74) is 0. The summed E-state index contributed by atoms with van der Waals surface area (Å²) in [5, 5.41) is 0. The fraction of sp³-hybridized carbons (Fsp3) is 1.00. The molecule has 2 nitrogen and oxygen atoms in total. The summed E-state index contributed by atoms with van der Waals surface area (Å²) >= 11 is 7.91. The molecular weight excluding hydrogens is 560 g/mol. The lowest BCUT2D eigenvalue weighted by molar-refractivity contribution is -0.914. The lowest BCUT2D eigenvalue weighted by Gasteiger charge is -2.37. The van der Waals surface area contributed by atoms with Crippen LogP contribution >= 0.6 is 31.9 Å². The molecule has 4 heteroatoms. The summed E-state index contributed by atoms with van der Waals surface area (Å²) in [6.45, 7) is 14.2. The topological polar surface area (TPSA) is 0 Å². The van der Waals surface area contributed by atoms with Crippen LogP contribution in [0.5, 0.6) is 0 Å². The van der Waals surface area contributed by atoms with Gasteiger partial charge in [-0.25, -0.2) is 0 Å². The first-order valence-corrected chi connectivity index (χ1v) is 17.6. The Hall–Kier alpha value is 0.880. The zero-order valence-electron chi connectivity index (χ0n) is 25.1. The van der Waals surface area contributed by atoms with Crippen LogP contribution in [0, 0.1) is 0 Å². The molecule has 35 heavy (non-hydrogen) atoms. The van der Waals surface area contributed by atoms with Crippen molar-refractivity contribution in [3.05, 3.63) is 0 Å². The van der Waals surface area contributed by atoms with Crippen molar-refractivity contribution in [1.29, 1.82) is 0 Å². The molecule has 2 atom stereocenters. The van der Waals surface area contributed by atoms with E-state index in [1.54, 1.807) is 0 Å². The van der Waals surface area contributed by atoms with Crippen molar-refractivity contribution in [1.82, 2.24) is 0 Å². The number of rotatable bonds is 26. The summed E-state index contributed by atoms with van der Waals surface area (Å²) in [5.74, 6) is 0. The molecule has 212 valence electrons. The van der Waals surface area contributed by atoms with E-state index in [-0.39, 0.29) is 0 Å². The molecule has 0 rings (SSSR count). The van der Waals surface area contributed by atoms with Crippen molar-refractivity contribution < 1.29 is 8.97 Å². The average Bonchev–Trinajstić information content (AvgIpc) is 2.88. The minimum absolute atomic E-state index is 0.636. The van der Waals surface area contributed by atoms with Gasteiger partial charge >= 0.3 is 0 Å². The Bertz CT molecular complexity index is 409. The van der Waals surface area contributed by atoms with Crippen molar-refractivity contribution >= 4 is 31.9 Å². The van der Waals surface area contributed by atoms with Crippen LogP contribution in [0.25, 0.3) is 0 Å². The van der Waals surface area contributed by atoms with Crippen LogP contribution in [0.2, 0.25) is 0 Å². The summed E-state index contributed by atoms with van der Waals surface area (Å²) in [6, 6.07) is 0. The molecule has 0 aromatic carbocycles. The lowest BCUT2D eigenvalue weighted by Crippen LogP contribution is -2.49. The van der Waals surface area contributed by atoms with Gasteiger partial charge in [-0.3, -0.25) is 0 Å². The van der Waals surface area contributed by atoms with Gasteiger partial charge in [0.2, 0.25) is 0 Å². The van der Waals surface area contributed by atoms with Gasteiger partial charge in [0.25, 0.3) is 0 Å². The molecule has 0 aromatic heterocycles. The molecule has 0 spiro atoms. The fourth-order valence-corrected chi connectivity index (χ4v) is 6.95. The van der Waals surface area contributed by atoms with Crippen molar-refractivity contribution in [2.24, 2.45) is 0 Å². The van der Waals surface area contributed by atoms with Crippen molar-refractivity contribution in [2.45, 2.75) is 160 Å². The molecule has 0 saturated heterocycles. The maximum absolute atomic E-state index is 3.96. The summed E-state index contributed by atoms with van der Waals surface area (Å²) < 4.78 is 2.32. The van der Waals surface area contributed by atoms with Gasteiger partial charge in [-0.15, -0.1) is 0 Å². The molecule has 0 saturated carbocycles. The van der Waals surface area contributed by atoms with Crippen LogP contribution in [-0.4, -0.2) is 59.1 Å². The standard InChI is InChI=1S/C31H66Br2N2/c1-7-34(5,8-2)30(32)28-26-24-22-20-18-16-14-12-11-13-15-17-19-21-23-25-27-29-31(33)35(6,9-3)10-4/h30-31H,7-29H2,1-6H3/q+2. The van der Waals surface area contributed by atoms with Crippen molar-refractivity contribution in [3.63, 3.8) is 0 Å². The van der Waals surface area contributed by atoms with E-state index in [9.17, 15) is 0 Å². The third-order valence-corrected chi connectivity index (χ3v) is 12.0. The number of hydrogen-bond acceptors (Lipinski definition) is 0. The second-order valence-electron chi connectivity index (χ2n) is 11.7. The van der Waals surface area contributed by atoms with Crippen molar-refractivity contribution in [3.8, 4) is 0 Å². The molecule has 0 bridgehead atoms. The highest BCUT2D eigenvalue weighted by atomic mass is 79.9. The minimum atomic E-state index is 0.636. The van der Waals surface area contributed by atoms with Gasteiger partial charge in [0.1, 0.15) is 9.90 Å². The van der Waals surface area contributed by atoms with E-state index in [1.165, 1.54) is 148 Å². The molecular formula is C31H66Br2N2+2. The van der Waals surface area contributed by atoms with Gasteiger partial charge in [-0.1, -0.05) is 96.3 Å². The number of quaternary nitrogens is 2. The highest BCUT2D eigenvalue weighted by molar-refractivity contribution is 9.09. The monoisotopic (exact) mass is 624 g/mol. The molecule has 0 aliphatic rings. The highest BCUT2D eigenvalue weighted by Crippen LogP contribution is 2.24. The first-order valence-electron chi connectivity index (χ1n) is 15.8. The quantitative estimate of drug-likeness (QED) is 0.0388.